The smallest absolute Gasteiger partial charge is 0.160 e. The topological polar surface area (TPSA) is 77.3 Å². The van der Waals surface area contributed by atoms with Gasteiger partial charge in [0.1, 0.15) is 0 Å². The maximum atomic E-state index is 5.09. The standard InChI is InChI=1S/C58H37N3.C58H39N3/c1-2-12-44(13-3-1)57-60-54(36-55(61-57)43-33-27-40(28-34-43)45-14-11-35-59-37-45)42-31-25-39(26-32-42)38-23-29-41(30-24-38)46-18-10-22-53-56(46)49-17-6-9-21-52(49)58(53)50-19-7-4-15-47(50)48-16-5-8-20-51(48)58;1-4-14-46(15-5-1)57-60-54(38-55(61-57)45-35-29-42(30-36-45)47-16-13-37-59-39-47)44-33-27-41(28-34-44)40-25-31-43(32-26-40)50-22-12-24-53-56(50)51-21-10-11-23-52(51)58(53,48-17-6-2-7-18-48)49-19-8-3-9-20-49/h1-37H;1-39H. The van der Waals surface area contributed by atoms with Crippen LogP contribution < -0.4 is 0 Å². The fourth-order valence-corrected chi connectivity index (χ4v) is 19.1. The molecule has 0 fully saturated rings. The monoisotopic (exact) mass is 1550 g/mol. The van der Waals surface area contributed by atoms with Gasteiger partial charge in [0.15, 0.2) is 11.6 Å². The van der Waals surface area contributed by atoms with E-state index in [1.54, 1.807) is 12.4 Å². The molecule has 0 atom stereocenters. The highest BCUT2D eigenvalue weighted by molar-refractivity contribution is 6.01. The molecule has 3 aliphatic rings. The van der Waals surface area contributed by atoms with Crippen molar-refractivity contribution in [2.24, 2.45) is 0 Å². The molecule has 23 rings (SSSR count). The Morgan fingerprint density at radius 3 is 0.738 bits per heavy atom. The summed E-state index contributed by atoms with van der Waals surface area (Å²) < 4.78 is 0. The summed E-state index contributed by atoms with van der Waals surface area (Å²) in [5.41, 5.74) is 41.2. The van der Waals surface area contributed by atoms with Crippen LogP contribution in [-0.4, -0.2) is 29.9 Å². The van der Waals surface area contributed by atoms with Crippen LogP contribution in [0.25, 0.3) is 168 Å². The molecule has 20 aromatic rings. The van der Waals surface area contributed by atoms with E-state index in [4.69, 9.17) is 19.9 Å². The predicted octanol–water partition coefficient (Wildman–Crippen LogP) is 28.5. The van der Waals surface area contributed by atoms with Crippen molar-refractivity contribution in [2.75, 3.05) is 0 Å². The normalized spacial score (nSPS) is 12.6. The van der Waals surface area contributed by atoms with E-state index in [9.17, 15) is 0 Å². The van der Waals surface area contributed by atoms with Gasteiger partial charge in [0, 0.05) is 58.2 Å². The maximum absolute atomic E-state index is 5.09. The van der Waals surface area contributed by atoms with Crippen molar-refractivity contribution < 1.29 is 0 Å². The van der Waals surface area contributed by atoms with Gasteiger partial charge in [-0.05, 0) is 169 Å². The molecule has 1 spiro atoms. The predicted molar refractivity (Wildman–Crippen MR) is 498 cm³/mol. The summed E-state index contributed by atoms with van der Waals surface area (Å²) >= 11 is 0. The molecule has 4 aromatic heterocycles. The van der Waals surface area contributed by atoms with Crippen LogP contribution in [0.5, 0.6) is 0 Å². The van der Waals surface area contributed by atoms with Gasteiger partial charge in [-0.3, -0.25) is 9.97 Å². The Morgan fingerprint density at radius 2 is 0.402 bits per heavy atom. The summed E-state index contributed by atoms with van der Waals surface area (Å²) in [6, 6.07) is 157. The van der Waals surface area contributed by atoms with Crippen LogP contribution in [0.4, 0.5) is 0 Å². The zero-order valence-corrected chi connectivity index (χ0v) is 66.6. The first-order valence-corrected chi connectivity index (χ1v) is 41.6. The first-order chi connectivity index (χ1) is 60.5. The van der Waals surface area contributed by atoms with Crippen LogP contribution in [0.3, 0.4) is 0 Å². The highest BCUT2D eigenvalue weighted by Crippen LogP contribution is 2.64. The van der Waals surface area contributed by atoms with Crippen molar-refractivity contribution >= 4 is 0 Å². The van der Waals surface area contributed by atoms with Gasteiger partial charge in [-0.25, -0.2) is 19.9 Å². The van der Waals surface area contributed by atoms with E-state index >= 15 is 0 Å². The van der Waals surface area contributed by atoms with E-state index in [2.05, 4.69) is 398 Å². The van der Waals surface area contributed by atoms with Crippen LogP contribution in [0.2, 0.25) is 0 Å². The second-order valence-corrected chi connectivity index (χ2v) is 31.5. The van der Waals surface area contributed by atoms with E-state index in [1.807, 2.05) is 60.9 Å². The number of hydrogen-bond donors (Lipinski definition) is 0. The van der Waals surface area contributed by atoms with Crippen molar-refractivity contribution in [1.82, 2.24) is 29.9 Å². The quantitative estimate of drug-likeness (QED) is 0.108. The van der Waals surface area contributed by atoms with Crippen molar-refractivity contribution in [1.29, 1.82) is 0 Å². The molecule has 3 aliphatic carbocycles. The Bertz CT molecular complexity index is 6840. The highest BCUT2D eigenvalue weighted by atomic mass is 14.9. The van der Waals surface area contributed by atoms with E-state index in [1.165, 1.54) is 106 Å². The molecular weight excluding hydrogens is 1480 g/mol. The number of aromatic nitrogens is 6. The summed E-state index contributed by atoms with van der Waals surface area (Å²) in [4.78, 5) is 28.9. The number of nitrogens with zero attached hydrogens (tertiary/aromatic N) is 6. The molecule has 0 saturated carbocycles. The summed E-state index contributed by atoms with van der Waals surface area (Å²) in [6.07, 6.45) is 7.37. The third-order valence-corrected chi connectivity index (χ3v) is 24.8. The first kappa shape index (κ1) is 72.4. The molecule has 16 aromatic carbocycles. The van der Waals surface area contributed by atoms with Crippen LogP contribution in [0.15, 0.2) is 462 Å². The first-order valence-electron chi connectivity index (χ1n) is 41.6. The Labute approximate surface area is 710 Å². The molecule has 6 nitrogen and oxygen atoms in total. The molecular formula is C116H76N6. The minimum atomic E-state index is -0.427. The molecule has 0 unspecified atom stereocenters. The second kappa shape index (κ2) is 30.8. The van der Waals surface area contributed by atoms with Gasteiger partial charge in [-0.2, -0.15) is 0 Å². The molecule has 4 heterocycles. The Hall–Kier alpha value is -16.0. The van der Waals surface area contributed by atoms with Gasteiger partial charge in [0.25, 0.3) is 0 Å². The van der Waals surface area contributed by atoms with Crippen molar-refractivity contribution in [3.8, 4) is 168 Å². The Balaban J connectivity index is 0.000000146. The van der Waals surface area contributed by atoms with E-state index in [0.29, 0.717) is 11.6 Å². The van der Waals surface area contributed by atoms with Crippen molar-refractivity contribution in [3.63, 3.8) is 0 Å². The lowest BCUT2D eigenvalue weighted by Gasteiger charge is -2.34. The number of fused-ring (bicyclic) bond motifs is 13. The van der Waals surface area contributed by atoms with Crippen LogP contribution in [0.1, 0.15) is 44.5 Å². The Morgan fingerprint density at radius 1 is 0.156 bits per heavy atom. The molecule has 0 bridgehead atoms. The van der Waals surface area contributed by atoms with Crippen molar-refractivity contribution in [3.05, 3.63) is 506 Å². The third kappa shape index (κ3) is 12.6. The fraction of sp³-hybridized carbons (Fsp3) is 0.0172. The third-order valence-electron chi connectivity index (χ3n) is 24.8. The number of benzene rings is 16. The molecule has 0 aliphatic heterocycles. The molecule has 6 heteroatoms. The summed E-state index contributed by atoms with van der Waals surface area (Å²) in [5, 5.41) is 0. The van der Waals surface area contributed by atoms with Gasteiger partial charge in [0.2, 0.25) is 0 Å². The van der Waals surface area contributed by atoms with Gasteiger partial charge in [-0.1, -0.05) is 413 Å². The summed E-state index contributed by atoms with van der Waals surface area (Å²) in [6.45, 7) is 0. The summed E-state index contributed by atoms with van der Waals surface area (Å²) in [7, 11) is 0. The number of hydrogen-bond acceptors (Lipinski definition) is 6. The number of rotatable bonds is 14. The molecule has 0 saturated heterocycles. The number of pyridine rings is 2. The zero-order chi connectivity index (χ0) is 80.9. The highest BCUT2D eigenvalue weighted by Gasteiger charge is 2.52. The van der Waals surface area contributed by atoms with E-state index in [-0.39, 0.29) is 5.41 Å². The molecule has 0 radical (unpaired) electrons. The minimum absolute atomic E-state index is 0.353. The average molecular weight is 1550 g/mol. The molecule has 570 valence electrons. The molecule has 122 heavy (non-hydrogen) atoms. The van der Waals surface area contributed by atoms with E-state index in [0.717, 1.165) is 95.1 Å². The fourth-order valence-electron chi connectivity index (χ4n) is 19.1. The maximum Gasteiger partial charge on any atom is 0.160 e. The lowest BCUT2D eigenvalue weighted by atomic mass is 9.67. The lowest BCUT2D eigenvalue weighted by Crippen LogP contribution is -2.28. The Kier molecular flexibility index (Phi) is 18.3. The van der Waals surface area contributed by atoms with Gasteiger partial charge in [-0.15, -0.1) is 0 Å². The SMILES string of the molecule is c1ccc(-c2nc(-c3ccc(-c4ccc(-c5cccc6c5-c5ccccc5C6(c5ccccc5)c5ccccc5)cc4)cc3)cc(-c3ccc(-c4cccnc4)cc3)n2)cc1.c1ccc(-c2nc(-c3ccc(-c4ccc(-c5cccc6c5-c5ccccc5C65c6ccccc6-c6ccccc65)cc4)cc3)cc(-c3ccc(-c4cccnc4)cc3)n2)cc1. The molecule has 0 N–H and O–H groups in total. The van der Waals surface area contributed by atoms with Crippen LogP contribution in [0, 0.1) is 0 Å². The average Bonchev–Trinajstić information content (AvgIpc) is 1.51. The largest absolute Gasteiger partial charge is 0.264 e. The second-order valence-electron chi connectivity index (χ2n) is 31.5. The van der Waals surface area contributed by atoms with E-state index < -0.39 is 5.41 Å². The summed E-state index contributed by atoms with van der Waals surface area (Å²) in [5.74, 6) is 1.40. The van der Waals surface area contributed by atoms with Gasteiger partial charge >= 0.3 is 0 Å². The van der Waals surface area contributed by atoms with Gasteiger partial charge < -0.3 is 0 Å². The van der Waals surface area contributed by atoms with Gasteiger partial charge in [0.05, 0.1) is 33.6 Å². The van der Waals surface area contributed by atoms with Crippen LogP contribution >= 0.6 is 0 Å². The zero-order valence-electron chi connectivity index (χ0n) is 66.6. The van der Waals surface area contributed by atoms with Crippen molar-refractivity contribution in [2.45, 2.75) is 10.8 Å². The molecule has 0 amide bonds. The minimum Gasteiger partial charge on any atom is -0.264 e. The van der Waals surface area contributed by atoms with Crippen LogP contribution in [-0.2, 0) is 10.8 Å². The lowest BCUT2D eigenvalue weighted by molar-refractivity contribution is 0.768.